The van der Waals surface area contributed by atoms with E-state index in [0.717, 1.165) is 5.56 Å². The first-order chi connectivity index (χ1) is 11.4. The van der Waals surface area contributed by atoms with E-state index in [1.165, 1.54) is 13.2 Å². The summed E-state index contributed by atoms with van der Waals surface area (Å²) in [7, 11) is 1.45. The molecular formula is C18H21F2NO3. The van der Waals surface area contributed by atoms with Crippen LogP contribution in [0.4, 0.5) is 8.78 Å². The molecule has 0 saturated carbocycles. The molecule has 0 aromatic heterocycles. The second-order valence-electron chi connectivity index (χ2n) is 5.60. The number of methoxy groups -OCH3 is 1. The van der Waals surface area contributed by atoms with Crippen molar-refractivity contribution in [3.63, 3.8) is 0 Å². The molecule has 2 N–H and O–H groups in total. The molecule has 2 aromatic rings. The van der Waals surface area contributed by atoms with Crippen LogP contribution < -0.4 is 14.8 Å². The van der Waals surface area contributed by atoms with Crippen LogP contribution in [0, 0.1) is 0 Å². The second-order valence-corrected chi connectivity index (χ2v) is 5.60. The molecule has 130 valence electrons. The van der Waals surface area contributed by atoms with Gasteiger partial charge in [0.2, 0.25) is 0 Å². The van der Waals surface area contributed by atoms with Gasteiger partial charge in [0.25, 0.3) is 0 Å². The largest absolute Gasteiger partial charge is 0.497 e. The number of halogens is 2. The molecule has 1 atom stereocenters. The Balaban J connectivity index is 2.03. The van der Waals surface area contributed by atoms with Crippen molar-refractivity contribution in [1.29, 1.82) is 0 Å². The Hall–Kier alpha value is -2.18. The van der Waals surface area contributed by atoms with Crippen molar-refractivity contribution in [3.05, 3.63) is 59.7 Å². The van der Waals surface area contributed by atoms with Crippen LogP contribution in [-0.4, -0.2) is 25.4 Å². The SMILES string of the molecule is COc1ccc(CNCC(C)(O)c2ccccc2)c(OC(F)F)c1. The third-order valence-electron chi connectivity index (χ3n) is 3.67. The lowest BCUT2D eigenvalue weighted by Gasteiger charge is -2.24. The fourth-order valence-corrected chi connectivity index (χ4v) is 2.35. The lowest BCUT2D eigenvalue weighted by molar-refractivity contribution is -0.0506. The predicted octanol–water partition coefficient (Wildman–Crippen LogP) is 3.29. The Morgan fingerprint density at radius 1 is 1.17 bits per heavy atom. The van der Waals surface area contributed by atoms with E-state index in [0.29, 0.717) is 11.3 Å². The van der Waals surface area contributed by atoms with Crippen LogP contribution in [0.25, 0.3) is 0 Å². The summed E-state index contributed by atoms with van der Waals surface area (Å²) in [5.74, 6) is 0.488. The number of hydrogen-bond donors (Lipinski definition) is 2. The number of rotatable bonds is 8. The van der Waals surface area contributed by atoms with Crippen molar-refractivity contribution >= 4 is 0 Å². The number of aliphatic hydroxyl groups is 1. The normalized spacial score (nSPS) is 13.6. The molecule has 2 aromatic carbocycles. The van der Waals surface area contributed by atoms with Gasteiger partial charge >= 0.3 is 6.61 Å². The number of hydrogen-bond acceptors (Lipinski definition) is 4. The molecule has 0 aliphatic heterocycles. The molecule has 0 aliphatic carbocycles. The van der Waals surface area contributed by atoms with Gasteiger partial charge in [-0.1, -0.05) is 36.4 Å². The summed E-state index contributed by atoms with van der Waals surface area (Å²) in [6.45, 7) is -0.685. The van der Waals surface area contributed by atoms with Crippen LogP contribution in [0.3, 0.4) is 0 Å². The van der Waals surface area contributed by atoms with Gasteiger partial charge in [0, 0.05) is 24.7 Å². The van der Waals surface area contributed by atoms with Gasteiger partial charge in [-0.05, 0) is 18.6 Å². The van der Waals surface area contributed by atoms with Gasteiger partial charge in [-0.25, -0.2) is 0 Å². The van der Waals surface area contributed by atoms with Crippen LogP contribution >= 0.6 is 0 Å². The minimum absolute atomic E-state index is 0.0520. The van der Waals surface area contributed by atoms with Gasteiger partial charge in [0.15, 0.2) is 0 Å². The minimum atomic E-state index is -2.91. The smallest absolute Gasteiger partial charge is 0.387 e. The Bertz CT molecular complexity index is 648. The third kappa shape index (κ3) is 4.91. The van der Waals surface area contributed by atoms with Gasteiger partial charge in [0.05, 0.1) is 12.7 Å². The maximum absolute atomic E-state index is 12.5. The van der Waals surface area contributed by atoms with Crippen LogP contribution in [0.2, 0.25) is 0 Å². The molecule has 0 aliphatic rings. The molecular weight excluding hydrogens is 316 g/mol. The highest BCUT2D eigenvalue weighted by Gasteiger charge is 2.22. The number of nitrogens with one attached hydrogen (secondary N) is 1. The van der Waals surface area contributed by atoms with Crippen LogP contribution in [0.15, 0.2) is 48.5 Å². The Labute approximate surface area is 140 Å². The minimum Gasteiger partial charge on any atom is -0.497 e. The first-order valence-electron chi connectivity index (χ1n) is 7.53. The summed E-state index contributed by atoms with van der Waals surface area (Å²) in [4.78, 5) is 0. The van der Waals surface area contributed by atoms with Crippen LogP contribution in [0.5, 0.6) is 11.5 Å². The van der Waals surface area contributed by atoms with Gasteiger partial charge in [0.1, 0.15) is 11.5 Å². The summed E-state index contributed by atoms with van der Waals surface area (Å²) in [5, 5.41) is 13.6. The third-order valence-corrected chi connectivity index (χ3v) is 3.67. The van der Waals surface area contributed by atoms with E-state index in [9.17, 15) is 13.9 Å². The molecule has 0 radical (unpaired) electrons. The van der Waals surface area contributed by atoms with Crippen molar-refractivity contribution in [1.82, 2.24) is 5.32 Å². The average Bonchev–Trinajstić information content (AvgIpc) is 2.56. The summed E-state index contributed by atoms with van der Waals surface area (Å²) in [6, 6.07) is 14.0. The molecule has 4 nitrogen and oxygen atoms in total. The van der Waals surface area contributed by atoms with E-state index in [1.54, 1.807) is 19.1 Å². The fourth-order valence-electron chi connectivity index (χ4n) is 2.35. The van der Waals surface area contributed by atoms with Gasteiger partial charge in [-0.15, -0.1) is 0 Å². The maximum Gasteiger partial charge on any atom is 0.387 e. The molecule has 6 heteroatoms. The van der Waals surface area contributed by atoms with Gasteiger partial charge < -0.3 is 19.9 Å². The summed E-state index contributed by atoms with van der Waals surface area (Å²) >= 11 is 0. The molecule has 0 amide bonds. The molecule has 0 spiro atoms. The highest BCUT2D eigenvalue weighted by Crippen LogP contribution is 2.27. The fraction of sp³-hybridized carbons (Fsp3) is 0.333. The number of benzene rings is 2. The number of ether oxygens (including phenoxy) is 2. The Morgan fingerprint density at radius 2 is 1.88 bits per heavy atom. The van der Waals surface area contributed by atoms with Crippen LogP contribution in [0.1, 0.15) is 18.1 Å². The molecule has 0 heterocycles. The number of alkyl halides is 2. The predicted molar refractivity (Wildman–Crippen MR) is 87.3 cm³/mol. The average molecular weight is 337 g/mol. The monoisotopic (exact) mass is 337 g/mol. The van der Waals surface area contributed by atoms with Crippen molar-refractivity contribution in [2.45, 2.75) is 25.7 Å². The molecule has 0 bridgehead atoms. The molecule has 0 saturated heterocycles. The molecule has 24 heavy (non-hydrogen) atoms. The van der Waals surface area contributed by atoms with E-state index in [1.807, 2.05) is 30.3 Å². The quantitative estimate of drug-likeness (QED) is 0.776. The Kier molecular flexibility index (Phi) is 6.11. The van der Waals surface area contributed by atoms with E-state index < -0.39 is 12.2 Å². The zero-order valence-electron chi connectivity index (χ0n) is 13.6. The first-order valence-corrected chi connectivity index (χ1v) is 7.53. The van der Waals surface area contributed by atoms with Gasteiger partial charge in [-0.2, -0.15) is 8.78 Å². The summed E-state index contributed by atoms with van der Waals surface area (Å²) in [5.41, 5.74) is 0.258. The lowest BCUT2D eigenvalue weighted by Crippen LogP contribution is -2.35. The first kappa shape index (κ1) is 18.2. The van der Waals surface area contributed by atoms with E-state index in [-0.39, 0.29) is 18.8 Å². The van der Waals surface area contributed by atoms with Gasteiger partial charge in [-0.3, -0.25) is 0 Å². The summed E-state index contributed by atoms with van der Waals surface area (Å²) < 4.78 is 34.7. The van der Waals surface area contributed by atoms with E-state index in [2.05, 4.69) is 10.1 Å². The topological polar surface area (TPSA) is 50.7 Å². The lowest BCUT2D eigenvalue weighted by atomic mass is 9.96. The van der Waals surface area contributed by atoms with E-state index in [4.69, 9.17) is 4.74 Å². The standard InChI is InChI=1S/C18H21F2NO3/c1-18(22,14-6-4-3-5-7-14)12-21-11-13-8-9-15(23-2)10-16(13)24-17(19)20/h3-10,17,21-22H,11-12H2,1-2H3. The Morgan fingerprint density at radius 3 is 2.50 bits per heavy atom. The van der Waals surface area contributed by atoms with Crippen molar-refractivity contribution < 1.29 is 23.4 Å². The van der Waals surface area contributed by atoms with Crippen molar-refractivity contribution in [3.8, 4) is 11.5 Å². The molecule has 2 rings (SSSR count). The molecule has 1 unspecified atom stereocenters. The van der Waals surface area contributed by atoms with E-state index >= 15 is 0 Å². The maximum atomic E-state index is 12.5. The highest BCUT2D eigenvalue weighted by molar-refractivity contribution is 5.40. The zero-order valence-corrected chi connectivity index (χ0v) is 13.6. The zero-order chi connectivity index (χ0) is 17.6. The van der Waals surface area contributed by atoms with Crippen LogP contribution in [-0.2, 0) is 12.1 Å². The van der Waals surface area contributed by atoms with Crippen molar-refractivity contribution in [2.24, 2.45) is 0 Å². The molecule has 0 fully saturated rings. The summed E-state index contributed by atoms with van der Waals surface area (Å²) in [6.07, 6.45) is 0. The second kappa shape index (κ2) is 8.08. The highest BCUT2D eigenvalue weighted by atomic mass is 19.3. The van der Waals surface area contributed by atoms with Crippen molar-refractivity contribution in [2.75, 3.05) is 13.7 Å².